The van der Waals surface area contributed by atoms with Crippen LogP contribution in [0.1, 0.15) is 22.3 Å². The molecule has 0 saturated heterocycles. The Bertz CT molecular complexity index is 765. The Kier molecular flexibility index (Phi) is 6.70. The first-order valence-corrected chi connectivity index (χ1v) is 9.37. The van der Waals surface area contributed by atoms with Crippen molar-refractivity contribution in [2.45, 2.75) is 26.2 Å². The molecule has 0 heterocycles. The molecule has 3 rings (SSSR count). The molecule has 0 fully saturated rings. The lowest BCUT2D eigenvalue weighted by atomic mass is 10.1. The molecule has 0 atom stereocenters. The number of rotatable bonds is 7. The van der Waals surface area contributed by atoms with Gasteiger partial charge in [0.1, 0.15) is 0 Å². The van der Waals surface area contributed by atoms with Crippen LogP contribution in [0.25, 0.3) is 0 Å². The molecule has 26 heavy (non-hydrogen) atoms. The zero-order valence-corrected chi connectivity index (χ0v) is 16.0. The molecule has 2 nitrogen and oxygen atoms in total. The number of benzene rings is 3. The average molecular weight is 385 g/mol. The number of halogens is 2. The highest BCUT2D eigenvalue weighted by atomic mass is 35.5. The van der Waals surface area contributed by atoms with Crippen LogP contribution in [0, 0.1) is 0 Å². The van der Waals surface area contributed by atoms with E-state index in [-0.39, 0.29) is 0 Å². The van der Waals surface area contributed by atoms with Crippen LogP contribution < -0.4 is 5.73 Å². The first-order valence-electron chi connectivity index (χ1n) is 8.61. The van der Waals surface area contributed by atoms with E-state index >= 15 is 0 Å². The lowest BCUT2D eigenvalue weighted by molar-refractivity contribution is 0.247. The van der Waals surface area contributed by atoms with Crippen LogP contribution in [-0.4, -0.2) is 4.90 Å². The van der Waals surface area contributed by atoms with E-state index in [1.54, 1.807) is 0 Å². The quantitative estimate of drug-likeness (QED) is 0.569. The largest absolute Gasteiger partial charge is 0.326 e. The molecule has 0 aliphatic carbocycles. The Labute approximate surface area is 165 Å². The monoisotopic (exact) mass is 384 g/mol. The summed E-state index contributed by atoms with van der Waals surface area (Å²) >= 11 is 12.0. The van der Waals surface area contributed by atoms with Gasteiger partial charge in [-0.2, -0.15) is 0 Å². The SMILES string of the molecule is NCc1ccc(CN(Cc2ccc(Cl)cc2)Cc2ccc(Cl)cc2)cc1. The van der Waals surface area contributed by atoms with E-state index in [0.29, 0.717) is 6.54 Å². The maximum absolute atomic E-state index is 6.01. The lowest BCUT2D eigenvalue weighted by Crippen LogP contribution is -2.22. The van der Waals surface area contributed by atoms with Gasteiger partial charge in [0.15, 0.2) is 0 Å². The Morgan fingerprint density at radius 1 is 0.538 bits per heavy atom. The molecule has 4 heteroatoms. The standard InChI is InChI=1S/C22H22Cl2N2/c23-21-9-5-19(6-10-21)15-26(16-20-7-11-22(24)12-8-20)14-18-3-1-17(13-25)2-4-18/h1-12H,13-16,25H2. The van der Waals surface area contributed by atoms with E-state index in [1.165, 1.54) is 16.7 Å². The molecule has 0 saturated carbocycles. The molecule has 0 spiro atoms. The fraction of sp³-hybridized carbons (Fsp3) is 0.182. The summed E-state index contributed by atoms with van der Waals surface area (Å²) in [5, 5.41) is 1.52. The van der Waals surface area contributed by atoms with Gasteiger partial charge < -0.3 is 5.73 Å². The Balaban J connectivity index is 1.76. The van der Waals surface area contributed by atoms with Crippen molar-refractivity contribution in [3.05, 3.63) is 105 Å². The number of hydrogen-bond donors (Lipinski definition) is 1. The third-order valence-electron chi connectivity index (χ3n) is 4.30. The van der Waals surface area contributed by atoms with Gasteiger partial charge in [0, 0.05) is 36.2 Å². The highest BCUT2D eigenvalue weighted by Crippen LogP contribution is 2.18. The lowest BCUT2D eigenvalue weighted by Gasteiger charge is -2.23. The van der Waals surface area contributed by atoms with E-state index in [2.05, 4.69) is 53.4 Å². The summed E-state index contributed by atoms with van der Waals surface area (Å²) in [6, 6.07) is 24.6. The molecule has 3 aromatic carbocycles. The molecule has 3 aromatic rings. The minimum Gasteiger partial charge on any atom is -0.326 e. The summed E-state index contributed by atoms with van der Waals surface area (Å²) in [5.74, 6) is 0. The topological polar surface area (TPSA) is 29.3 Å². The van der Waals surface area contributed by atoms with Crippen LogP contribution in [0.15, 0.2) is 72.8 Å². The Morgan fingerprint density at radius 2 is 0.846 bits per heavy atom. The van der Waals surface area contributed by atoms with Crippen molar-refractivity contribution in [3.63, 3.8) is 0 Å². The van der Waals surface area contributed by atoms with E-state index < -0.39 is 0 Å². The molecule has 0 unspecified atom stereocenters. The zero-order valence-electron chi connectivity index (χ0n) is 14.5. The van der Waals surface area contributed by atoms with Crippen molar-refractivity contribution in [2.24, 2.45) is 5.73 Å². The van der Waals surface area contributed by atoms with Crippen LogP contribution in [-0.2, 0) is 26.2 Å². The van der Waals surface area contributed by atoms with Crippen LogP contribution in [0.4, 0.5) is 0 Å². The third kappa shape index (κ3) is 5.58. The molecule has 134 valence electrons. The smallest absolute Gasteiger partial charge is 0.0406 e. The van der Waals surface area contributed by atoms with Crippen molar-refractivity contribution in [1.82, 2.24) is 4.90 Å². The van der Waals surface area contributed by atoms with Gasteiger partial charge in [-0.25, -0.2) is 0 Å². The summed E-state index contributed by atoms with van der Waals surface area (Å²) in [5.41, 5.74) is 10.6. The van der Waals surface area contributed by atoms with Gasteiger partial charge in [0.25, 0.3) is 0 Å². The second-order valence-electron chi connectivity index (χ2n) is 6.42. The second kappa shape index (κ2) is 9.20. The number of nitrogens with two attached hydrogens (primary N) is 1. The molecule has 0 aliphatic rings. The fourth-order valence-electron chi connectivity index (χ4n) is 2.90. The first-order chi connectivity index (χ1) is 12.6. The van der Waals surface area contributed by atoms with Crippen molar-refractivity contribution >= 4 is 23.2 Å². The highest BCUT2D eigenvalue weighted by molar-refractivity contribution is 6.30. The molecular weight excluding hydrogens is 363 g/mol. The number of nitrogens with zero attached hydrogens (tertiary/aromatic N) is 1. The predicted octanol–water partition coefficient (Wildman–Crippen LogP) is 5.65. The predicted molar refractivity (Wildman–Crippen MR) is 110 cm³/mol. The molecule has 0 radical (unpaired) electrons. The number of hydrogen-bond acceptors (Lipinski definition) is 2. The van der Waals surface area contributed by atoms with Crippen molar-refractivity contribution < 1.29 is 0 Å². The summed E-state index contributed by atoms with van der Waals surface area (Å²) in [4.78, 5) is 2.41. The minimum atomic E-state index is 0.569. The van der Waals surface area contributed by atoms with Crippen LogP contribution in [0.2, 0.25) is 10.0 Å². The molecular formula is C22H22Cl2N2. The minimum absolute atomic E-state index is 0.569. The van der Waals surface area contributed by atoms with Gasteiger partial charge in [-0.1, -0.05) is 71.7 Å². The first kappa shape index (κ1) is 18.9. The third-order valence-corrected chi connectivity index (χ3v) is 4.81. The van der Waals surface area contributed by atoms with Gasteiger partial charge in [0.2, 0.25) is 0 Å². The van der Waals surface area contributed by atoms with E-state index in [9.17, 15) is 0 Å². The molecule has 0 bridgehead atoms. The maximum Gasteiger partial charge on any atom is 0.0406 e. The normalized spacial score (nSPS) is 11.1. The maximum atomic E-state index is 6.01. The summed E-state index contributed by atoms with van der Waals surface area (Å²) < 4.78 is 0. The molecule has 0 amide bonds. The summed E-state index contributed by atoms with van der Waals surface area (Å²) in [6.07, 6.45) is 0. The zero-order chi connectivity index (χ0) is 18.4. The van der Waals surface area contributed by atoms with E-state index in [1.807, 2.05) is 24.3 Å². The summed E-state index contributed by atoms with van der Waals surface area (Å²) in [6.45, 7) is 3.12. The van der Waals surface area contributed by atoms with Crippen molar-refractivity contribution in [1.29, 1.82) is 0 Å². The van der Waals surface area contributed by atoms with Crippen LogP contribution in [0.5, 0.6) is 0 Å². The molecule has 0 aromatic heterocycles. The van der Waals surface area contributed by atoms with Crippen molar-refractivity contribution in [2.75, 3.05) is 0 Å². The molecule has 2 N–H and O–H groups in total. The van der Waals surface area contributed by atoms with E-state index in [4.69, 9.17) is 28.9 Å². The fourth-order valence-corrected chi connectivity index (χ4v) is 3.15. The van der Waals surface area contributed by atoms with Gasteiger partial charge in [0.05, 0.1) is 0 Å². The van der Waals surface area contributed by atoms with Crippen molar-refractivity contribution in [3.8, 4) is 0 Å². The van der Waals surface area contributed by atoms with Gasteiger partial charge in [-0.15, -0.1) is 0 Å². The molecule has 0 aliphatic heterocycles. The average Bonchev–Trinajstić information content (AvgIpc) is 2.66. The Hall–Kier alpha value is -1.84. The van der Waals surface area contributed by atoms with Gasteiger partial charge >= 0.3 is 0 Å². The van der Waals surface area contributed by atoms with Gasteiger partial charge in [-0.3, -0.25) is 4.90 Å². The second-order valence-corrected chi connectivity index (χ2v) is 7.29. The Morgan fingerprint density at radius 3 is 1.19 bits per heavy atom. The highest BCUT2D eigenvalue weighted by Gasteiger charge is 2.09. The van der Waals surface area contributed by atoms with E-state index in [0.717, 1.165) is 35.2 Å². The van der Waals surface area contributed by atoms with Crippen LogP contribution >= 0.6 is 23.2 Å². The van der Waals surface area contributed by atoms with Crippen LogP contribution in [0.3, 0.4) is 0 Å². The van der Waals surface area contributed by atoms with Gasteiger partial charge in [-0.05, 0) is 46.5 Å². The summed E-state index contributed by atoms with van der Waals surface area (Å²) in [7, 11) is 0.